The van der Waals surface area contributed by atoms with Crippen molar-refractivity contribution in [1.29, 1.82) is 0 Å². The van der Waals surface area contributed by atoms with Crippen molar-refractivity contribution < 1.29 is 14.3 Å². The van der Waals surface area contributed by atoms with Crippen LogP contribution in [0.4, 0.5) is 5.69 Å². The van der Waals surface area contributed by atoms with E-state index in [1.807, 2.05) is 48.5 Å². The van der Waals surface area contributed by atoms with Crippen molar-refractivity contribution in [2.75, 3.05) is 25.5 Å². The number of nitrogens with zero attached hydrogens (tertiary/aromatic N) is 3. The molecule has 8 aromatic rings. The van der Waals surface area contributed by atoms with E-state index in [2.05, 4.69) is 28.8 Å². The van der Waals surface area contributed by atoms with E-state index < -0.39 is 0 Å². The lowest BCUT2D eigenvalue weighted by Gasteiger charge is -2.13. The summed E-state index contributed by atoms with van der Waals surface area (Å²) in [5, 5.41) is 11.6. The highest BCUT2D eigenvalue weighted by atomic mass is 35.5. The fourth-order valence-corrected chi connectivity index (χ4v) is 7.32. The number of amides is 1. The van der Waals surface area contributed by atoms with Crippen LogP contribution < -0.4 is 20.9 Å². The van der Waals surface area contributed by atoms with Crippen LogP contribution in [0.3, 0.4) is 0 Å². The summed E-state index contributed by atoms with van der Waals surface area (Å²) in [6, 6.07) is 30.0. The molecule has 5 aromatic carbocycles. The number of hydrogen-bond acceptors (Lipinski definition) is 6. The Kier molecular flexibility index (Phi) is 8.95. The lowest BCUT2D eigenvalue weighted by atomic mass is 10.0. The third kappa shape index (κ3) is 6.07. The van der Waals surface area contributed by atoms with Gasteiger partial charge in [-0.05, 0) is 91.2 Å². The van der Waals surface area contributed by atoms with Crippen LogP contribution in [-0.2, 0) is 11.2 Å². The van der Waals surface area contributed by atoms with Crippen molar-refractivity contribution in [3.05, 3.63) is 130 Å². The summed E-state index contributed by atoms with van der Waals surface area (Å²) in [5.74, 6) is 0.356. The molecule has 0 bridgehead atoms. The number of unbranched alkanes of at least 4 members (excludes halogenated alkanes) is 3. The zero-order valence-corrected chi connectivity index (χ0v) is 29.4. The predicted octanol–water partition coefficient (Wildman–Crippen LogP) is 8.23. The SMILES string of the molecule is COc1ccc2c(c1)c(CC(=O)NCCCCCCNc1ccc3c4c1cccc4c(=O)n1c4ccccc4nc31)cn2C(=O)c1ccc(Cl)cc1. The smallest absolute Gasteiger partial charge is 0.264 e. The second kappa shape index (κ2) is 14.0. The molecule has 1 amide bonds. The number of rotatable bonds is 12. The first-order chi connectivity index (χ1) is 25.4. The van der Waals surface area contributed by atoms with Crippen LogP contribution in [0, 0.1) is 0 Å². The Bertz CT molecular complexity index is 2680. The van der Waals surface area contributed by atoms with Gasteiger partial charge in [0.15, 0.2) is 0 Å². The molecule has 2 N–H and O–H groups in total. The monoisotopic (exact) mass is 709 g/mol. The number of carbonyl (C=O) groups excluding carboxylic acids is 2. The molecule has 0 saturated heterocycles. The van der Waals surface area contributed by atoms with Gasteiger partial charge in [-0.15, -0.1) is 0 Å². The Morgan fingerprint density at radius 1 is 0.788 bits per heavy atom. The molecule has 0 saturated carbocycles. The molecule has 0 aliphatic heterocycles. The third-order valence-electron chi connectivity index (χ3n) is 9.77. The van der Waals surface area contributed by atoms with Crippen LogP contribution in [0.1, 0.15) is 41.6 Å². The molecule has 0 unspecified atom stereocenters. The zero-order chi connectivity index (χ0) is 35.8. The quantitative estimate of drug-likeness (QED) is 0.124. The maximum atomic E-state index is 13.6. The van der Waals surface area contributed by atoms with E-state index in [0.29, 0.717) is 39.4 Å². The first-order valence-corrected chi connectivity index (χ1v) is 17.9. The highest BCUT2D eigenvalue weighted by molar-refractivity contribution is 6.30. The minimum atomic E-state index is -0.200. The van der Waals surface area contributed by atoms with Gasteiger partial charge in [0.25, 0.3) is 11.5 Å². The Morgan fingerprint density at radius 3 is 2.40 bits per heavy atom. The largest absolute Gasteiger partial charge is 0.497 e. The molecule has 260 valence electrons. The van der Waals surface area contributed by atoms with Crippen molar-refractivity contribution in [3.63, 3.8) is 0 Å². The van der Waals surface area contributed by atoms with Crippen LogP contribution >= 0.6 is 11.6 Å². The molecule has 0 fully saturated rings. The molecular formula is C42H36ClN5O4. The zero-order valence-electron chi connectivity index (χ0n) is 28.6. The number of aromatic nitrogens is 3. The molecule has 0 spiro atoms. The van der Waals surface area contributed by atoms with Gasteiger partial charge in [-0.2, -0.15) is 0 Å². The molecule has 0 radical (unpaired) electrons. The maximum Gasteiger partial charge on any atom is 0.264 e. The summed E-state index contributed by atoms with van der Waals surface area (Å²) in [5.41, 5.74) is 5.22. The Hall–Kier alpha value is -5.93. The summed E-state index contributed by atoms with van der Waals surface area (Å²) in [4.78, 5) is 44.8. The fraction of sp³-hybridized carbons (Fsp3) is 0.190. The van der Waals surface area contributed by atoms with E-state index >= 15 is 0 Å². The molecule has 3 aromatic heterocycles. The highest BCUT2D eigenvalue weighted by Crippen LogP contribution is 2.34. The Labute approximate surface area is 304 Å². The molecule has 52 heavy (non-hydrogen) atoms. The predicted molar refractivity (Wildman–Crippen MR) is 209 cm³/mol. The number of imidazole rings is 1. The number of methoxy groups -OCH3 is 1. The number of halogens is 1. The average Bonchev–Trinajstić information content (AvgIpc) is 3.73. The van der Waals surface area contributed by atoms with E-state index in [9.17, 15) is 14.4 Å². The number of anilines is 1. The van der Waals surface area contributed by atoms with Crippen molar-refractivity contribution in [2.45, 2.75) is 32.1 Å². The number of ether oxygens (including phenoxy) is 1. The molecule has 0 atom stereocenters. The molecule has 9 nitrogen and oxygen atoms in total. The minimum absolute atomic E-state index is 0.0534. The second-order valence-electron chi connectivity index (χ2n) is 13.0. The molecule has 0 aliphatic carbocycles. The fourth-order valence-electron chi connectivity index (χ4n) is 7.19. The number of fused-ring (bicyclic) bond motifs is 5. The van der Waals surface area contributed by atoms with Gasteiger partial charge in [-0.3, -0.25) is 23.4 Å². The normalized spacial score (nSPS) is 11.7. The summed E-state index contributed by atoms with van der Waals surface area (Å²) in [6.07, 6.45) is 5.70. The van der Waals surface area contributed by atoms with Crippen molar-refractivity contribution in [2.24, 2.45) is 0 Å². The number of benzene rings is 5. The summed E-state index contributed by atoms with van der Waals surface area (Å²) in [7, 11) is 1.59. The number of nitrogens with one attached hydrogen (secondary N) is 2. The van der Waals surface area contributed by atoms with E-state index in [4.69, 9.17) is 21.3 Å². The average molecular weight is 710 g/mol. The molecule has 10 heteroatoms. The van der Waals surface area contributed by atoms with Gasteiger partial charge in [0.05, 0.1) is 30.1 Å². The van der Waals surface area contributed by atoms with Crippen LogP contribution in [0.2, 0.25) is 5.02 Å². The van der Waals surface area contributed by atoms with Gasteiger partial charge in [-0.1, -0.05) is 48.7 Å². The second-order valence-corrected chi connectivity index (χ2v) is 13.5. The van der Waals surface area contributed by atoms with E-state index in [1.54, 1.807) is 52.6 Å². The van der Waals surface area contributed by atoms with Gasteiger partial charge in [-0.25, -0.2) is 4.98 Å². The Balaban J connectivity index is 0.856. The standard InChI is InChI=1S/C42H36ClN5O4/c1-52-29-17-20-36-33(24-29)27(25-47(36)41(50)26-13-15-28(43)16-14-26)23-38(49)45-22-7-3-2-6-21-44-34-19-18-31-39-30(34)9-8-10-32(39)42(51)48-37-12-5-4-11-35(37)46-40(31)48/h4-5,8-20,24-25,44H,2-3,6-7,21-23H2,1H3,(H,45,49). The Morgan fingerprint density at radius 2 is 1.58 bits per heavy atom. The first-order valence-electron chi connectivity index (χ1n) is 17.5. The van der Waals surface area contributed by atoms with Gasteiger partial charge in [0.2, 0.25) is 5.91 Å². The van der Waals surface area contributed by atoms with Crippen LogP contribution in [0.15, 0.2) is 108 Å². The summed E-state index contributed by atoms with van der Waals surface area (Å²) >= 11 is 6.03. The van der Waals surface area contributed by atoms with Crippen LogP contribution in [0.5, 0.6) is 5.75 Å². The van der Waals surface area contributed by atoms with E-state index in [0.717, 1.165) is 76.1 Å². The topological polar surface area (TPSA) is 107 Å². The van der Waals surface area contributed by atoms with Crippen LogP contribution in [0.25, 0.3) is 49.1 Å². The molecular weight excluding hydrogens is 674 g/mol. The van der Waals surface area contributed by atoms with Crippen molar-refractivity contribution in [3.8, 4) is 5.75 Å². The summed E-state index contributed by atoms with van der Waals surface area (Å²) in [6.45, 7) is 1.37. The van der Waals surface area contributed by atoms with Crippen molar-refractivity contribution >= 4 is 78.2 Å². The number of para-hydroxylation sites is 2. The number of pyridine rings is 1. The first kappa shape index (κ1) is 33.2. The van der Waals surface area contributed by atoms with Crippen LogP contribution in [-0.4, -0.2) is 46.0 Å². The maximum absolute atomic E-state index is 13.6. The molecule has 3 heterocycles. The van der Waals surface area contributed by atoms with E-state index in [1.165, 1.54) is 0 Å². The summed E-state index contributed by atoms with van der Waals surface area (Å²) < 4.78 is 8.73. The lowest BCUT2D eigenvalue weighted by Crippen LogP contribution is -2.26. The van der Waals surface area contributed by atoms with Gasteiger partial charge >= 0.3 is 0 Å². The highest BCUT2D eigenvalue weighted by Gasteiger charge is 2.19. The van der Waals surface area contributed by atoms with Gasteiger partial charge in [0, 0.05) is 62.5 Å². The third-order valence-corrected chi connectivity index (χ3v) is 10.0. The molecule has 8 rings (SSSR count). The lowest BCUT2D eigenvalue weighted by molar-refractivity contribution is -0.120. The van der Waals surface area contributed by atoms with Gasteiger partial charge in [0.1, 0.15) is 11.4 Å². The molecule has 0 aliphatic rings. The number of carbonyl (C=O) groups is 2. The number of hydrogen-bond donors (Lipinski definition) is 2. The van der Waals surface area contributed by atoms with Gasteiger partial charge < -0.3 is 15.4 Å². The van der Waals surface area contributed by atoms with Crippen molar-refractivity contribution in [1.82, 2.24) is 19.3 Å². The van der Waals surface area contributed by atoms with E-state index in [-0.39, 0.29) is 23.8 Å². The minimum Gasteiger partial charge on any atom is -0.497 e.